The van der Waals surface area contributed by atoms with Crippen molar-refractivity contribution in [3.8, 4) is 5.75 Å². The van der Waals surface area contributed by atoms with Crippen LogP contribution in [0.1, 0.15) is 77.0 Å². The van der Waals surface area contributed by atoms with Gasteiger partial charge in [0.25, 0.3) is 18.1 Å². The number of imide groups is 1. The summed E-state index contributed by atoms with van der Waals surface area (Å²) in [4.78, 5) is 54.3. The lowest BCUT2D eigenvalue weighted by molar-refractivity contribution is -0.170. The molecule has 0 aliphatic rings. The van der Waals surface area contributed by atoms with E-state index in [2.05, 4.69) is 0 Å². The number of hydrogen-bond acceptors (Lipinski definition) is 7. The van der Waals surface area contributed by atoms with Crippen molar-refractivity contribution in [3.05, 3.63) is 100 Å². The first-order valence-electron chi connectivity index (χ1n) is 13.1. The van der Waals surface area contributed by atoms with Gasteiger partial charge in [0.1, 0.15) is 5.75 Å². The number of ether oxygens (including phenoxy) is 3. The van der Waals surface area contributed by atoms with Gasteiger partial charge in [-0.3, -0.25) is 14.4 Å². The molecule has 0 fully saturated rings. The van der Waals surface area contributed by atoms with Gasteiger partial charge in [-0.1, -0.05) is 53.6 Å². The van der Waals surface area contributed by atoms with Crippen LogP contribution in [0.3, 0.4) is 0 Å². The smallest absolute Gasteiger partial charge is 0.439 e. The summed E-state index contributed by atoms with van der Waals surface area (Å²) in [6.45, 7) is 11.6. The van der Waals surface area contributed by atoms with Crippen LogP contribution in [0, 0.1) is 20.8 Å². The van der Waals surface area contributed by atoms with Crippen LogP contribution in [-0.4, -0.2) is 46.5 Å². The molecule has 0 aromatic heterocycles. The summed E-state index contributed by atoms with van der Waals surface area (Å²) in [5.74, 6) is -1.70. The van der Waals surface area contributed by atoms with Gasteiger partial charge in [0, 0.05) is 29.2 Å². The minimum Gasteiger partial charge on any atom is -0.496 e. The van der Waals surface area contributed by atoms with Gasteiger partial charge in [-0.2, -0.15) is 0 Å². The second kappa shape index (κ2) is 12.7. The molecule has 216 valence electrons. The Labute approximate surface area is 240 Å². The molecule has 1 atom stereocenters. The minimum atomic E-state index is -1.47. The van der Waals surface area contributed by atoms with Crippen LogP contribution < -0.4 is 4.74 Å². The molecule has 9 nitrogen and oxygen atoms in total. The molecular formula is C32H36N2O7. The van der Waals surface area contributed by atoms with E-state index in [0.29, 0.717) is 21.9 Å². The summed E-state index contributed by atoms with van der Waals surface area (Å²) >= 11 is 0. The second-order valence-electron chi connectivity index (χ2n) is 10.6. The fourth-order valence-corrected chi connectivity index (χ4v) is 4.42. The SMILES string of the molecule is COc1cccc(C(=O)N(C(=O)OC(OC(C)=O)c2ccccc2)N(C(=O)c2cc(C)cc(C)c2)C(C)(C)C)c1C. The maximum absolute atomic E-state index is 14.2. The number of hydrogen-bond donors (Lipinski definition) is 0. The van der Waals surface area contributed by atoms with E-state index in [-0.39, 0.29) is 11.1 Å². The van der Waals surface area contributed by atoms with E-state index < -0.39 is 35.7 Å². The minimum absolute atomic E-state index is 0.118. The van der Waals surface area contributed by atoms with Gasteiger partial charge in [-0.25, -0.2) is 9.80 Å². The number of rotatable bonds is 6. The molecule has 0 saturated carbocycles. The van der Waals surface area contributed by atoms with Crippen molar-refractivity contribution in [2.45, 2.75) is 60.3 Å². The molecule has 0 N–H and O–H groups in total. The van der Waals surface area contributed by atoms with Crippen molar-refractivity contribution in [2.24, 2.45) is 0 Å². The van der Waals surface area contributed by atoms with Crippen molar-refractivity contribution in [2.75, 3.05) is 7.11 Å². The monoisotopic (exact) mass is 560 g/mol. The predicted octanol–water partition coefficient (Wildman–Crippen LogP) is 6.32. The normalized spacial score (nSPS) is 11.7. The number of carbonyl (C=O) groups is 4. The largest absolute Gasteiger partial charge is 0.496 e. The van der Waals surface area contributed by atoms with Crippen LogP contribution in [0.15, 0.2) is 66.7 Å². The standard InChI is InChI=1S/C32H36N2O7/c1-20-17-21(2)19-25(18-20)28(36)34(32(5,6)7)33(29(37)26-15-12-16-27(39-8)22(26)3)31(38)41-30(40-23(4)35)24-13-10-9-11-14-24/h9-19,30H,1-8H3. The van der Waals surface area contributed by atoms with Gasteiger partial charge in [-0.15, -0.1) is 5.01 Å². The summed E-state index contributed by atoms with van der Waals surface area (Å²) < 4.78 is 16.3. The number of carbonyl (C=O) groups excluding carboxylic acids is 4. The van der Waals surface area contributed by atoms with Gasteiger partial charge >= 0.3 is 12.1 Å². The van der Waals surface area contributed by atoms with Crippen molar-refractivity contribution in [1.82, 2.24) is 10.0 Å². The molecule has 0 aliphatic carbocycles. The number of amides is 3. The Kier molecular flexibility index (Phi) is 9.55. The van der Waals surface area contributed by atoms with Crippen LogP contribution in [0.4, 0.5) is 4.79 Å². The van der Waals surface area contributed by atoms with Crippen molar-refractivity contribution >= 4 is 23.9 Å². The van der Waals surface area contributed by atoms with Crippen LogP contribution >= 0.6 is 0 Å². The lowest BCUT2D eigenvalue weighted by Crippen LogP contribution is -2.60. The zero-order chi connectivity index (χ0) is 30.5. The third-order valence-corrected chi connectivity index (χ3v) is 6.15. The first-order chi connectivity index (χ1) is 19.2. The second-order valence-corrected chi connectivity index (χ2v) is 10.6. The molecule has 9 heteroatoms. The number of methoxy groups -OCH3 is 1. The van der Waals surface area contributed by atoms with Crippen LogP contribution in [-0.2, 0) is 14.3 Å². The van der Waals surface area contributed by atoms with Gasteiger partial charge in [0.15, 0.2) is 0 Å². The number of esters is 1. The highest BCUT2D eigenvalue weighted by Crippen LogP contribution is 2.29. The molecule has 3 amide bonds. The fourth-order valence-electron chi connectivity index (χ4n) is 4.42. The predicted molar refractivity (Wildman–Crippen MR) is 153 cm³/mol. The van der Waals surface area contributed by atoms with E-state index in [0.717, 1.165) is 16.1 Å². The Balaban J connectivity index is 2.20. The topological polar surface area (TPSA) is 102 Å². The molecule has 0 spiro atoms. The number of nitrogens with zero attached hydrogens (tertiary/aromatic N) is 2. The van der Waals surface area contributed by atoms with Crippen molar-refractivity contribution < 1.29 is 33.4 Å². The van der Waals surface area contributed by atoms with E-state index in [4.69, 9.17) is 14.2 Å². The number of hydrazine groups is 1. The molecule has 0 heterocycles. The molecule has 41 heavy (non-hydrogen) atoms. The Morgan fingerprint density at radius 1 is 0.780 bits per heavy atom. The van der Waals surface area contributed by atoms with Crippen LogP contribution in [0.2, 0.25) is 0 Å². The van der Waals surface area contributed by atoms with Crippen LogP contribution in [0.25, 0.3) is 0 Å². The summed E-state index contributed by atoms with van der Waals surface area (Å²) in [7, 11) is 1.47. The summed E-state index contributed by atoms with van der Waals surface area (Å²) in [5.41, 5.74) is 1.82. The first-order valence-corrected chi connectivity index (χ1v) is 13.1. The molecular weight excluding hydrogens is 524 g/mol. The van der Waals surface area contributed by atoms with E-state index in [9.17, 15) is 19.2 Å². The van der Waals surface area contributed by atoms with Crippen molar-refractivity contribution in [1.29, 1.82) is 0 Å². The molecule has 3 aromatic rings. The average molecular weight is 561 g/mol. The van der Waals surface area contributed by atoms with Gasteiger partial charge in [0.05, 0.1) is 12.6 Å². The molecule has 0 aliphatic heterocycles. The Morgan fingerprint density at radius 3 is 1.93 bits per heavy atom. The summed E-state index contributed by atoms with van der Waals surface area (Å²) in [5, 5.41) is 1.74. The van der Waals surface area contributed by atoms with E-state index >= 15 is 0 Å². The van der Waals surface area contributed by atoms with E-state index in [1.807, 2.05) is 19.9 Å². The Bertz CT molecular complexity index is 1420. The highest BCUT2D eigenvalue weighted by molar-refractivity contribution is 6.07. The van der Waals surface area contributed by atoms with Gasteiger partial charge in [0.2, 0.25) is 0 Å². The number of benzene rings is 3. The molecule has 3 rings (SSSR count). The number of aryl methyl sites for hydroxylation is 2. The zero-order valence-corrected chi connectivity index (χ0v) is 24.7. The Morgan fingerprint density at radius 2 is 1.39 bits per heavy atom. The highest BCUT2D eigenvalue weighted by Gasteiger charge is 2.42. The zero-order valence-electron chi connectivity index (χ0n) is 24.7. The van der Waals surface area contributed by atoms with Gasteiger partial charge in [-0.05, 0) is 65.8 Å². The fraction of sp³-hybridized carbons (Fsp3) is 0.312. The summed E-state index contributed by atoms with van der Waals surface area (Å²) in [6.07, 6.45) is -2.68. The maximum atomic E-state index is 14.2. The quantitative estimate of drug-likeness (QED) is 0.198. The molecule has 1 unspecified atom stereocenters. The molecule has 3 aromatic carbocycles. The lowest BCUT2D eigenvalue weighted by atomic mass is 10.0. The Hall–Kier alpha value is -4.66. The molecule has 0 bridgehead atoms. The summed E-state index contributed by atoms with van der Waals surface area (Å²) in [6, 6.07) is 18.5. The maximum Gasteiger partial charge on any atom is 0.439 e. The van der Waals surface area contributed by atoms with E-state index in [1.165, 1.54) is 20.1 Å². The average Bonchev–Trinajstić information content (AvgIpc) is 2.89. The van der Waals surface area contributed by atoms with Crippen molar-refractivity contribution in [3.63, 3.8) is 0 Å². The molecule has 0 saturated heterocycles. The molecule has 0 radical (unpaired) electrons. The highest BCUT2D eigenvalue weighted by atomic mass is 16.7. The van der Waals surface area contributed by atoms with Crippen LogP contribution in [0.5, 0.6) is 5.75 Å². The van der Waals surface area contributed by atoms with Gasteiger partial charge < -0.3 is 14.2 Å². The third kappa shape index (κ3) is 7.30. The van der Waals surface area contributed by atoms with E-state index in [1.54, 1.807) is 82.3 Å². The first kappa shape index (κ1) is 30.9. The third-order valence-electron chi connectivity index (χ3n) is 6.15. The lowest BCUT2D eigenvalue weighted by Gasteiger charge is -2.41.